The topological polar surface area (TPSA) is 70.8 Å². The number of H-pyrrole nitrogens is 1. The maximum absolute atomic E-state index is 5.69. The molecule has 2 rings (SSSR count). The molecule has 0 saturated carbocycles. The number of hydrogen-bond donors (Lipinski definition) is 2. The lowest BCUT2D eigenvalue weighted by molar-refractivity contribution is 0.276. The third-order valence-corrected chi connectivity index (χ3v) is 3.45. The Morgan fingerprint density at radius 2 is 1.71 bits per heavy atom. The number of aromatic nitrogens is 3. The molecule has 0 saturated heterocycles. The van der Waals surface area contributed by atoms with E-state index in [-0.39, 0.29) is 0 Å². The molecule has 5 nitrogen and oxygen atoms in total. The van der Waals surface area contributed by atoms with E-state index in [9.17, 15) is 0 Å². The molecule has 2 aromatic rings. The van der Waals surface area contributed by atoms with Gasteiger partial charge in [-0.1, -0.05) is 13.8 Å². The van der Waals surface area contributed by atoms with Crippen LogP contribution >= 0.6 is 0 Å². The van der Waals surface area contributed by atoms with Gasteiger partial charge >= 0.3 is 0 Å². The minimum Gasteiger partial charge on any atom is -0.399 e. The maximum Gasteiger partial charge on any atom is 0.181 e. The highest BCUT2D eigenvalue weighted by Gasteiger charge is 2.08. The fraction of sp³-hybridized carbons (Fsp3) is 0.500. The molecule has 0 aliphatic carbocycles. The lowest BCUT2D eigenvalue weighted by Crippen LogP contribution is -2.28. The molecule has 21 heavy (non-hydrogen) atoms. The van der Waals surface area contributed by atoms with Crippen LogP contribution in [0.3, 0.4) is 0 Å². The van der Waals surface area contributed by atoms with Crippen molar-refractivity contribution in [3.8, 4) is 11.4 Å². The first-order valence-corrected chi connectivity index (χ1v) is 7.72. The monoisotopic (exact) mass is 287 g/mol. The summed E-state index contributed by atoms with van der Waals surface area (Å²) in [7, 11) is 0. The first kappa shape index (κ1) is 15.5. The van der Waals surface area contributed by atoms with Crippen molar-refractivity contribution in [2.75, 3.05) is 25.4 Å². The number of nitrogen functional groups attached to an aromatic ring is 1. The highest BCUT2D eigenvalue weighted by Crippen LogP contribution is 2.16. The van der Waals surface area contributed by atoms with Gasteiger partial charge in [0.1, 0.15) is 5.82 Å². The lowest BCUT2D eigenvalue weighted by atomic mass is 10.2. The van der Waals surface area contributed by atoms with Crippen LogP contribution in [-0.2, 0) is 6.42 Å². The van der Waals surface area contributed by atoms with Gasteiger partial charge in [-0.05, 0) is 50.2 Å². The molecule has 0 unspecified atom stereocenters. The first-order valence-electron chi connectivity index (χ1n) is 7.72. The van der Waals surface area contributed by atoms with Crippen molar-refractivity contribution in [1.82, 2.24) is 20.1 Å². The third-order valence-electron chi connectivity index (χ3n) is 3.45. The van der Waals surface area contributed by atoms with E-state index in [1.807, 2.05) is 24.3 Å². The molecule has 0 fully saturated rings. The highest BCUT2D eigenvalue weighted by molar-refractivity contribution is 5.58. The number of nitrogens with zero attached hydrogens (tertiary/aromatic N) is 3. The first-order chi connectivity index (χ1) is 10.2. The van der Waals surface area contributed by atoms with E-state index in [0.717, 1.165) is 49.0 Å². The number of anilines is 1. The number of nitrogens with two attached hydrogens (primary N) is 1. The van der Waals surface area contributed by atoms with Gasteiger partial charge in [0.05, 0.1) is 0 Å². The molecule has 0 amide bonds. The van der Waals surface area contributed by atoms with E-state index in [0.29, 0.717) is 0 Å². The average molecular weight is 287 g/mol. The molecule has 114 valence electrons. The number of rotatable bonds is 8. The van der Waals surface area contributed by atoms with Crippen LogP contribution < -0.4 is 5.73 Å². The summed E-state index contributed by atoms with van der Waals surface area (Å²) in [5.41, 5.74) is 7.44. The van der Waals surface area contributed by atoms with Gasteiger partial charge < -0.3 is 10.6 Å². The van der Waals surface area contributed by atoms with Crippen LogP contribution in [0.4, 0.5) is 5.69 Å². The van der Waals surface area contributed by atoms with Gasteiger partial charge in [0.2, 0.25) is 0 Å². The van der Waals surface area contributed by atoms with Gasteiger partial charge in [-0.15, -0.1) is 0 Å². The number of benzene rings is 1. The van der Waals surface area contributed by atoms with Crippen LogP contribution in [0.1, 0.15) is 32.5 Å². The second-order valence-corrected chi connectivity index (χ2v) is 5.32. The number of aromatic amines is 1. The largest absolute Gasteiger partial charge is 0.399 e. The summed E-state index contributed by atoms with van der Waals surface area (Å²) in [4.78, 5) is 7.05. The molecule has 3 N–H and O–H groups in total. The molecule has 0 spiro atoms. The lowest BCUT2D eigenvalue weighted by Gasteiger charge is -2.19. The Labute approximate surface area is 126 Å². The summed E-state index contributed by atoms with van der Waals surface area (Å²) in [6, 6.07) is 7.64. The summed E-state index contributed by atoms with van der Waals surface area (Å²) >= 11 is 0. The predicted octanol–water partition coefficient (Wildman–Crippen LogP) is 2.72. The zero-order valence-electron chi connectivity index (χ0n) is 13.0. The van der Waals surface area contributed by atoms with Gasteiger partial charge in [-0.3, -0.25) is 5.10 Å². The molecular formula is C16H25N5. The molecule has 0 aliphatic heterocycles. The fourth-order valence-corrected chi connectivity index (χ4v) is 2.40. The highest BCUT2D eigenvalue weighted by atomic mass is 15.2. The number of nitrogens with one attached hydrogen (secondary N) is 1. The van der Waals surface area contributed by atoms with E-state index in [1.54, 1.807) is 0 Å². The number of hydrogen-bond acceptors (Lipinski definition) is 4. The van der Waals surface area contributed by atoms with Crippen molar-refractivity contribution in [2.45, 2.75) is 33.1 Å². The van der Waals surface area contributed by atoms with Gasteiger partial charge in [-0.25, -0.2) is 4.98 Å². The van der Waals surface area contributed by atoms with E-state index in [1.165, 1.54) is 12.8 Å². The van der Waals surface area contributed by atoms with Crippen LogP contribution in [-0.4, -0.2) is 39.7 Å². The fourth-order valence-electron chi connectivity index (χ4n) is 2.40. The smallest absolute Gasteiger partial charge is 0.181 e. The second kappa shape index (κ2) is 7.78. The molecule has 0 radical (unpaired) electrons. The molecule has 5 heteroatoms. The van der Waals surface area contributed by atoms with Crippen LogP contribution in [0.5, 0.6) is 0 Å². The van der Waals surface area contributed by atoms with Gasteiger partial charge in [-0.2, -0.15) is 5.10 Å². The Morgan fingerprint density at radius 3 is 2.33 bits per heavy atom. The Balaban J connectivity index is 1.95. The summed E-state index contributed by atoms with van der Waals surface area (Å²) < 4.78 is 0. The van der Waals surface area contributed by atoms with Crippen molar-refractivity contribution in [1.29, 1.82) is 0 Å². The van der Waals surface area contributed by atoms with E-state index >= 15 is 0 Å². The van der Waals surface area contributed by atoms with Crippen molar-refractivity contribution in [3.63, 3.8) is 0 Å². The van der Waals surface area contributed by atoms with Crippen molar-refractivity contribution >= 4 is 5.69 Å². The van der Waals surface area contributed by atoms with Crippen molar-refractivity contribution in [3.05, 3.63) is 30.1 Å². The zero-order valence-corrected chi connectivity index (χ0v) is 13.0. The maximum atomic E-state index is 5.69. The van der Waals surface area contributed by atoms with Gasteiger partial charge in [0.15, 0.2) is 5.82 Å². The quantitative estimate of drug-likeness (QED) is 0.732. The van der Waals surface area contributed by atoms with Crippen LogP contribution in [0, 0.1) is 0 Å². The Hall–Kier alpha value is -1.88. The van der Waals surface area contributed by atoms with Crippen molar-refractivity contribution in [2.24, 2.45) is 0 Å². The standard InChI is InChI=1S/C16H25N5/c1-3-10-21(11-4-2)12-9-15-18-16(20-19-15)13-5-7-14(17)8-6-13/h5-8H,3-4,9-12,17H2,1-2H3,(H,18,19,20). The third kappa shape index (κ3) is 4.56. The molecular weight excluding hydrogens is 262 g/mol. The normalized spacial score (nSPS) is 11.2. The predicted molar refractivity (Wildman–Crippen MR) is 87.0 cm³/mol. The Bertz CT molecular complexity index is 526. The van der Waals surface area contributed by atoms with Crippen LogP contribution in [0.25, 0.3) is 11.4 Å². The SMILES string of the molecule is CCCN(CCC)CCc1nc(-c2ccc(N)cc2)n[nH]1. The summed E-state index contributed by atoms with van der Waals surface area (Å²) in [6.45, 7) is 7.75. The van der Waals surface area contributed by atoms with Gasteiger partial charge in [0.25, 0.3) is 0 Å². The minimum absolute atomic E-state index is 0.738. The van der Waals surface area contributed by atoms with Crippen LogP contribution in [0.15, 0.2) is 24.3 Å². The summed E-state index contributed by atoms with van der Waals surface area (Å²) in [6.07, 6.45) is 3.28. The van der Waals surface area contributed by atoms with E-state index in [4.69, 9.17) is 5.73 Å². The Kier molecular flexibility index (Phi) is 5.75. The zero-order chi connectivity index (χ0) is 15.1. The molecule has 1 aromatic heterocycles. The average Bonchev–Trinajstić information content (AvgIpc) is 2.95. The van der Waals surface area contributed by atoms with Gasteiger partial charge in [0, 0.05) is 24.2 Å². The molecule has 0 aliphatic rings. The Morgan fingerprint density at radius 1 is 1.05 bits per heavy atom. The van der Waals surface area contributed by atoms with Crippen LogP contribution in [0.2, 0.25) is 0 Å². The molecule has 1 aromatic carbocycles. The molecule has 1 heterocycles. The summed E-state index contributed by atoms with van der Waals surface area (Å²) in [5, 5.41) is 7.33. The minimum atomic E-state index is 0.738. The van der Waals surface area contributed by atoms with E-state index in [2.05, 4.69) is 33.9 Å². The van der Waals surface area contributed by atoms with E-state index < -0.39 is 0 Å². The molecule has 0 atom stereocenters. The molecule has 0 bridgehead atoms. The van der Waals surface area contributed by atoms with Crippen molar-refractivity contribution < 1.29 is 0 Å². The summed E-state index contributed by atoms with van der Waals surface area (Å²) in [5.74, 6) is 1.68. The second-order valence-electron chi connectivity index (χ2n) is 5.32.